The number of rotatable bonds is 6. The van der Waals surface area contributed by atoms with E-state index in [1.807, 2.05) is 19.1 Å². The lowest BCUT2D eigenvalue weighted by molar-refractivity contribution is 0.0734. The molecule has 0 radical (unpaired) electrons. The molecule has 0 unspecified atom stereocenters. The normalized spacial score (nSPS) is 10.6. The summed E-state index contributed by atoms with van der Waals surface area (Å²) in [4.78, 5) is 24.5. The smallest absolute Gasteiger partial charge is 0.343 e. The number of carbonyl (C=O) groups is 2. The van der Waals surface area contributed by atoms with Gasteiger partial charge < -0.3 is 9.47 Å². The summed E-state index contributed by atoms with van der Waals surface area (Å²) in [5.41, 5.74) is 2.82. The van der Waals surface area contributed by atoms with E-state index in [0.717, 1.165) is 11.1 Å². The third-order valence-electron chi connectivity index (χ3n) is 4.26. The molecule has 0 heterocycles. The van der Waals surface area contributed by atoms with Crippen LogP contribution >= 0.6 is 0 Å². The lowest BCUT2D eigenvalue weighted by atomic mass is 10.1. The van der Waals surface area contributed by atoms with Crippen molar-refractivity contribution >= 4 is 17.8 Å². The van der Waals surface area contributed by atoms with Crippen LogP contribution in [0.25, 0.3) is 6.08 Å². The standard InChI is InChI=1S/C24H20O4/c1-17-5-3-4-6-22(17)24(26)28-21-12-7-18(8-13-21)9-16-23(25)19-10-14-20(27-2)15-11-19/h3-16H,1-2H3. The van der Waals surface area contributed by atoms with Gasteiger partial charge in [0.05, 0.1) is 12.7 Å². The molecule has 0 aromatic heterocycles. The molecule has 3 rings (SSSR count). The molecule has 3 aromatic carbocycles. The van der Waals surface area contributed by atoms with Crippen molar-refractivity contribution in [3.63, 3.8) is 0 Å². The van der Waals surface area contributed by atoms with Crippen LogP contribution < -0.4 is 9.47 Å². The molecule has 4 heteroatoms. The van der Waals surface area contributed by atoms with Gasteiger partial charge in [-0.15, -0.1) is 0 Å². The van der Waals surface area contributed by atoms with E-state index in [0.29, 0.717) is 22.6 Å². The number of ether oxygens (including phenoxy) is 2. The molecule has 0 saturated carbocycles. The maximum absolute atomic E-state index is 12.2. The molecule has 0 aliphatic heterocycles. The minimum absolute atomic E-state index is 0.0993. The first-order valence-electron chi connectivity index (χ1n) is 8.81. The Morgan fingerprint density at radius 2 is 1.46 bits per heavy atom. The summed E-state index contributed by atoms with van der Waals surface area (Å²) in [6.45, 7) is 1.87. The van der Waals surface area contributed by atoms with Gasteiger partial charge in [-0.2, -0.15) is 0 Å². The molecule has 0 N–H and O–H groups in total. The van der Waals surface area contributed by atoms with E-state index in [1.54, 1.807) is 73.8 Å². The van der Waals surface area contributed by atoms with E-state index in [9.17, 15) is 9.59 Å². The summed E-state index contributed by atoms with van der Waals surface area (Å²) in [7, 11) is 1.58. The minimum atomic E-state index is -0.393. The van der Waals surface area contributed by atoms with Gasteiger partial charge in [-0.3, -0.25) is 4.79 Å². The fourth-order valence-electron chi connectivity index (χ4n) is 2.63. The van der Waals surface area contributed by atoms with Crippen molar-refractivity contribution in [1.82, 2.24) is 0 Å². The number of allylic oxidation sites excluding steroid dienone is 1. The first-order chi connectivity index (χ1) is 13.6. The molecule has 0 spiro atoms. The van der Waals surface area contributed by atoms with Crippen LogP contribution in [0.2, 0.25) is 0 Å². The Bertz CT molecular complexity index is 1000. The van der Waals surface area contributed by atoms with Crippen LogP contribution in [0.15, 0.2) is 78.9 Å². The SMILES string of the molecule is COc1ccc(C(=O)C=Cc2ccc(OC(=O)c3ccccc3C)cc2)cc1. The van der Waals surface area contributed by atoms with E-state index in [2.05, 4.69) is 0 Å². The Morgan fingerprint density at radius 1 is 0.821 bits per heavy atom. The second-order valence-electron chi connectivity index (χ2n) is 6.20. The number of aryl methyl sites for hydroxylation is 1. The Morgan fingerprint density at radius 3 is 2.11 bits per heavy atom. The quantitative estimate of drug-likeness (QED) is 0.261. The monoisotopic (exact) mass is 372 g/mol. The maximum atomic E-state index is 12.2. The summed E-state index contributed by atoms with van der Waals surface area (Å²) in [6, 6.07) is 21.2. The highest BCUT2D eigenvalue weighted by Crippen LogP contribution is 2.17. The highest BCUT2D eigenvalue weighted by molar-refractivity contribution is 6.06. The van der Waals surface area contributed by atoms with Crippen molar-refractivity contribution in [2.45, 2.75) is 6.92 Å². The largest absolute Gasteiger partial charge is 0.497 e. The average Bonchev–Trinajstić information content (AvgIpc) is 2.73. The van der Waals surface area contributed by atoms with Gasteiger partial charge in [-0.05, 0) is 66.6 Å². The summed E-state index contributed by atoms with van der Waals surface area (Å²) in [5, 5.41) is 0. The van der Waals surface area contributed by atoms with Crippen LogP contribution in [0.1, 0.15) is 31.8 Å². The van der Waals surface area contributed by atoms with Crippen LogP contribution in [-0.2, 0) is 0 Å². The number of benzene rings is 3. The van der Waals surface area contributed by atoms with E-state index in [-0.39, 0.29) is 5.78 Å². The molecule has 0 fully saturated rings. The summed E-state index contributed by atoms with van der Waals surface area (Å²) >= 11 is 0. The fourth-order valence-corrected chi connectivity index (χ4v) is 2.63. The fraction of sp³-hybridized carbons (Fsp3) is 0.0833. The lowest BCUT2D eigenvalue weighted by Gasteiger charge is -2.06. The van der Waals surface area contributed by atoms with E-state index >= 15 is 0 Å². The lowest BCUT2D eigenvalue weighted by Crippen LogP contribution is -2.09. The van der Waals surface area contributed by atoms with Crippen LogP contribution in [0.4, 0.5) is 0 Å². The molecule has 3 aromatic rings. The van der Waals surface area contributed by atoms with E-state index < -0.39 is 5.97 Å². The van der Waals surface area contributed by atoms with Crippen molar-refractivity contribution in [1.29, 1.82) is 0 Å². The van der Waals surface area contributed by atoms with Crippen LogP contribution in [0, 0.1) is 6.92 Å². The van der Waals surface area contributed by atoms with Gasteiger partial charge in [0.15, 0.2) is 5.78 Å². The van der Waals surface area contributed by atoms with Crippen molar-refractivity contribution in [2.24, 2.45) is 0 Å². The third-order valence-corrected chi connectivity index (χ3v) is 4.26. The Balaban J connectivity index is 1.63. The first-order valence-corrected chi connectivity index (χ1v) is 8.81. The predicted octanol–water partition coefficient (Wildman–Crippen LogP) is 5.12. The number of hydrogen-bond donors (Lipinski definition) is 0. The zero-order chi connectivity index (χ0) is 19.9. The summed E-state index contributed by atoms with van der Waals surface area (Å²) in [5.74, 6) is 0.664. The number of hydrogen-bond acceptors (Lipinski definition) is 4. The summed E-state index contributed by atoms with van der Waals surface area (Å²) < 4.78 is 10.5. The zero-order valence-electron chi connectivity index (χ0n) is 15.7. The number of ketones is 1. The Labute approximate surface area is 164 Å². The number of esters is 1. The second kappa shape index (κ2) is 8.82. The molecule has 0 bridgehead atoms. The van der Waals surface area contributed by atoms with Gasteiger partial charge in [0.25, 0.3) is 0 Å². The molecule has 0 aliphatic rings. The van der Waals surface area contributed by atoms with Crippen molar-refractivity contribution in [2.75, 3.05) is 7.11 Å². The Hall–Kier alpha value is -3.66. The molecule has 28 heavy (non-hydrogen) atoms. The average molecular weight is 372 g/mol. The van der Waals surface area contributed by atoms with Gasteiger partial charge in [0.2, 0.25) is 0 Å². The predicted molar refractivity (Wildman–Crippen MR) is 109 cm³/mol. The molecular formula is C24H20O4. The van der Waals surface area contributed by atoms with Gasteiger partial charge >= 0.3 is 5.97 Å². The Kier molecular flexibility index (Phi) is 6.02. The number of methoxy groups -OCH3 is 1. The topological polar surface area (TPSA) is 52.6 Å². The number of carbonyl (C=O) groups excluding carboxylic acids is 2. The molecule has 0 saturated heterocycles. The van der Waals surface area contributed by atoms with Gasteiger partial charge in [0.1, 0.15) is 11.5 Å². The summed E-state index contributed by atoms with van der Waals surface area (Å²) in [6.07, 6.45) is 3.23. The van der Waals surface area contributed by atoms with Gasteiger partial charge in [-0.25, -0.2) is 4.79 Å². The van der Waals surface area contributed by atoms with E-state index in [1.165, 1.54) is 6.08 Å². The van der Waals surface area contributed by atoms with E-state index in [4.69, 9.17) is 9.47 Å². The highest BCUT2D eigenvalue weighted by atomic mass is 16.5. The van der Waals surface area contributed by atoms with Crippen LogP contribution in [0.5, 0.6) is 11.5 Å². The maximum Gasteiger partial charge on any atom is 0.343 e. The van der Waals surface area contributed by atoms with Gasteiger partial charge in [-0.1, -0.05) is 36.4 Å². The second-order valence-corrected chi connectivity index (χ2v) is 6.20. The minimum Gasteiger partial charge on any atom is -0.497 e. The van der Waals surface area contributed by atoms with Crippen molar-refractivity contribution in [3.05, 3.63) is 101 Å². The first kappa shape index (κ1) is 19.1. The highest BCUT2D eigenvalue weighted by Gasteiger charge is 2.10. The third kappa shape index (κ3) is 4.74. The molecule has 4 nitrogen and oxygen atoms in total. The van der Waals surface area contributed by atoms with Gasteiger partial charge in [0, 0.05) is 5.56 Å². The van der Waals surface area contributed by atoms with Crippen LogP contribution in [-0.4, -0.2) is 18.9 Å². The molecule has 140 valence electrons. The van der Waals surface area contributed by atoms with Crippen molar-refractivity contribution < 1.29 is 19.1 Å². The van der Waals surface area contributed by atoms with Crippen molar-refractivity contribution in [3.8, 4) is 11.5 Å². The zero-order valence-corrected chi connectivity index (χ0v) is 15.7. The molecule has 0 aliphatic carbocycles. The molecule has 0 atom stereocenters. The molecular weight excluding hydrogens is 352 g/mol. The molecule has 0 amide bonds. The van der Waals surface area contributed by atoms with Crippen LogP contribution in [0.3, 0.4) is 0 Å².